The van der Waals surface area contributed by atoms with Crippen LogP contribution in [0.5, 0.6) is 0 Å². The number of aryl methyl sites for hydroxylation is 1. The minimum absolute atomic E-state index is 0.152. The van der Waals surface area contributed by atoms with Gasteiger partial charge in [-0.25, -0.2) is 4.98 Å². The zero-order chi connectivity index (χ0) is 15.5. The maximum atomic E-state index is 12.6. The van der Waals surface area contributed by atoms with Gasteiger partial charge >= 0.3 is 0 Å². The summed E-state index contributed by atoms with van der Waals surface area (Å²) in [5, 5.41) is 2.96. The maximum Gasteiger partial charge on any atom is 0.268 e. The Morgan fingerprint density at radius 3 is 3.00 bits per heavy atom. The number of rotatable bonds is 4. The first-order valence-electron chi connectivity index (χ1n) is 6.92. The first kappa shape index (κ1) is 14.1. The van der Waals surface area contributed by atoms with E-state index in [1.54, 1.807) is 31.8 Å². The van der Waals surface area contributed by atoms with Crippen molar-refractivity contribution in [3.8, 4) is 0 Å². The maximum absolute atomic E-state index is 12.6. The number of fused-ring (bicyclic) bond motifs is 1. The van der Waals surface area contributed by atoms with Crippen LogP contribution in [0.4, 0.5) is 5.82 Å². The number of hydrogen-bond acceptors (Lipinski definition) is 5. The van der Waals surface area contributed by atoms with E-state index in [4.69, 9.17) is 4.42 Å². The van der Waals surface area contributed by atoms with E-state index in [9.17, 15) is 4.79 Å². The fourth-order valence-electron chi connectivity index (χ4n) is 2.25. The number of furan rings is 1. The molecule has 0 saturated heterocycles. The third kappa shape index (κ3) is 2.50. The largest absolute Gasteiger partial charge is 0.467 e. The molecule has 6 heteroatoms. The van der Waals surface area contributed by atoms with E-state index < -0.39 is 0 Å². The molecular weight excluding hydrogens is 280 g/mol. The van der Waals surface area contributed by atoms with Crippen LogP contribution in [-0.2, 0) is 6.54 Å². The van der Waals surface area contributed by atoms with Crippen molar-refractivity contribution in [2.24, 2.45) is 4.99 Å². The predicted octanol–water partition coefficient (Wildman–Crippen LogP) is 2.26. The van der Waals surface area contributed by atoms with Crippen molar-refractivity contribution in [1.82, 2.24) is 9.38 Å². The zero-order valence-corrected chi connectivity index (χ0v) is 12.4. The van der Waals surface area contributed by atoms with Crippen LogP contribution in [0, 0.1) is 6.92 Å². The van der Waals surface area contributed by atoms with Gasteiger partial charge in [0, 0.05) is 19.5 Å². The molecule has 0 spiro atoms. The van der Waals surface area contributed by atoms with Gasteiger partial charge in [-0.05, 0) is 30.7 Å². The fourth-order valence-corrected chi connectivity index (χ4v) is 2.25. The van der Waals surface area contributed by atoms with Crippen LogP contribution in [0.2, 0.25) is 0 Å². The molecular formula is C16H16N4O2. The molecule has 6 nitrogen and oxygen atoms in total. The monoisotopic (exact) mass is 296 g/mol. The summed E-state index contributed by atoms with van der Waals surface area (Å²) in [6.07, 6.45) is 4.85. The molecule has 0 aliphatic carbocycles. The number of pyridine rings is 1. The number of nitrogens with one attached hydrogen (secondary N) is 1. The fraction of sp³-hybridized carbons (Fsp3) is 0.188. The van der Waals surface area contributed by atoms with Crippen LogP contribution in [-0.4, -0.2) is 22.6 Å². The van der Waals surface area contributed by atoms with E-state index in [0.29, 0.717) is 23.6 Å². The van der Waals surface area contributed by atoms with Crippen LogP contribution < -0.4 is 10.9 Å². The van der Waals surface area contributed by atoms with Gasteiger partial charge in [0.05, 0.1) is 12.8 Å². The Morgan fingerprint density at radius 1 is 1.41 bits per heavy atom. The Bertz CT molecular complexity index is 879. The molecule has 0 unspecified atom stereocenters. The second kappa shape index (κ2) is 5.85. The van der Waals surface area contributed by atoms with Crippen LogP contribution in [0.15, 0.2) is 50.9 Å². The predicted molar refractivity (Wildman–Crippen MR) is 85.8 cm³/mol. The summed E-state index contributed by atoms with van der Waals surface area (Å²) in [5.74, 6) is 1.26. The molecule has 3 rings (SSSR count). The molecule has 3 heterocycles. The third-order valence-corrected chi connectivity index (χ3v) is 3.37. The van der Waals surface area contributed by atoms with Crippen molar-refractivity contribution in [2.75, 3.05) is 12.4 Å². The first-order chi connectivity index (χ1) is 10.7. The van der Waals surface area contributed by atoms with Crippen LogP contribution in [0.25, 0.3) is 5.65 Å². The molecule has 0 aliphatic heterocycles. The topological polar surface area (TPSA) is 71.9 Å². The lowest BCUT2D eigenvalue weighted by molar-refractivity contribution is 0.513. The highest BCUT2D eigenvalue weighted by atomic mass is 16.3. The Kier molecular flexibility index (Phi) is 3.74. The molecule has 0 atom stereocenters. The first-order valence-corrected chi connectivity index (χ1v) is 6.92. The molecule has 1 N–H and O–H groups in total. The van der Waals surface area contributed by atoms with Gasteiger partial charge in [-0.3, -0.25) is 14.2 Å². The average Bonchev–Trinajstić information content (AvgIpc) is 3.03. The summed E-state index contributed by atoms with van der Waals surface area (Å²) >= 11 is 0. The SMILES string of the molecule is CNc1nc2c(C)cccn2c(=O)c1C=NCc1ccco1. The van der Waals surface area contributed by atoms with Crippen molar-refractivity contribution in [2.45, 2.75) is 13.5 Å². The third-order valence-electron chi connectivity index (χ3n) is 3.37. The van der Waals surface area contributed by atoms with E-state index in [1.807, 2.05) is 25.1 Å². The smallest absolute Gasteiger partial charge is 0.268 e. The van der Waals surface area contributed by atoms with E-state index in [1.165, 1.54) is 4.40 Å². The van der Waals surface area contributed by atoms with Gasteiger partial charge in [-0.2, -0.15) is 0 Å². The molecule has 0 fully saturated rings. The molecule has 0 aliphatic rings. The van der Waals surface area contributed by atoms with Crippen molar-refractivity contribution >= 4 is 17.7 Å². The molecule has 0 amide bonds. The second-order valence-electron chi connectivity index (χ2n) is 4.86. The summed E-state index contributed by atoms with van der Waals surface area (Å²) in [5.41, 5.74) is 1.86. The summed E-state index contributed by atoms with van der Waals surface area (Å²) < 4.78 is 6.75. The van der Waals surface area contributed by atoms with Gasteiger partial charge in [-0.1, -0.05) is 6.07 Å². The van der Waals surface area contributed by atoms with E-state index in [0.717, 1.165) is 11.3 Å². The Hall–Kier alpha value is -2.89. The summed E-state index contributed by atoms with van der Waals surface area (Å²) in [7, 11) is 1.74. The summed E-state index contributed by atoms with van der Waals surface area (Å²) in [6, 6.07) is 7.39. The number of anilines is 1. The highest BCUT2D eigenvalue weighted by Crippen LogP contribution is 2.11. The minimum Gasteiger partial charge on any atom is -0.467 e. The molecule has 3 aromatic heterocycles. The normalized spacial score (nSPS) is 11.4. The minimum atomic E-state index is -0.152. The molecule has 3 aromatic rings. The van der Waals surface area contributed by atoms with Gasteiger partial charge in [0.1, 0.15) is 22.8 Å². The van der Waals surface area contributed by atoms with Crippen molar-refractivity contribution < 1.29 is 4.42 Å². The van der Waals surface area contributed by atoms with Crippen molar-refractivity contribution in [3.05, 3.63) is 64.0 Å². The summed E-state index contributed by atoms with van der Waals surface area (Å²) in [4.78, 5) is 21.4. The number of nitrogens with zero attached hydrogens (tertiary/aromatic N) is 3. The number of aliphatic imine (C=N–C) groups is 1. The van der Waals surface area contributed by atoms with Gasteiger partial charge in [0.2, 0.25) is 0 Å². The highest BCUT2D eigenvalue weighted by molar-refractivity contribution is 5.86. The zero-order valence-electron chi connectivity index (χ0n) is 12.4. The summed E-state index contributed by atoms with van der Waals surface area (Å²) in [6.45, 7) is 2.30. The lowest BCUT2D eigenvalue weighted by Gasteiger charge is -2.08. The van der Waals surface area contributed by atoms with Crippen LogP contribution >= 0.6 is 0 Å². The second-order valence-corrected chi connectivity index (χ2v) is 4.86. The Balaban J connectivity index is 2.06. The molecule has 0 radical (unpaired) electrons. The molecule has 22 heavy (non-hydrogen) atoms. The highest BCUT2D eigenvalue weighted by Gasteiger charge is 2.11. The lowest BCUT2D eigenvalue weighted by atomic mass is 10.2. The lowest BCUT2D eigenvalue weighted by Crippen LogP contribution is -2.22. The Morgan fingerprint density at radius 2 is 2.27 bits per heavy atom. The number of hydrogen-bond donors (Lipinski definition) is 1. The molecule has 0 bridgehead atoms. The van der Waals surface area contributed by atoms with Crippen molar-refractivity contribution in [1.29, 1.82) is 0 Å². The number of aromatic nitrogens is 2. The van der Waals surface area contributed by atoms with E-state index in [-0.39, 0.29) is 5.56 Å². The standard InChI is InChI=1S/C16H16N4O2/c1-11-5-3-7-20-15(11)19-14(17-2)13(16(20)21)10-18-9-12-6-4-8-22-12/h3-8,10,17H,9H2,1-2H3. The van der Waals surface area contributed by atoms with Gasteiger partial charge in [0.25, 0.3) is 5.56 Å². The van der Waals surface area contributed by atoms with Gasteiger partial charge in [0.15, 0.2) is 0 Å². The molecule has 112 valence electrons. The quantitative estimate of drug-likeness (QED) is 0.750. The molecule has 0 saturated carbocycles. The van der Waals surface area contributed by atoms with Gasteiger partial charge in [-0.15, -0.1) is 0 Å². The van der Waals surface area contributed by atoms with E-state index >= 15 is 0 Å². The Labute approximate surface area is 127 Å². The van der Waals surface area contributed by atoms with Crippen LogP contribution in [0.1, 0.15) is 16.9 Å². The van der Waals surface area contributed by atoms with E-state index in [2.05, 4.69) is 15.3 Å². The average molecular weight is 296 g/mol. The van der Waals surface area contributed by atoms with Gasteiger partial charge < -0.3 is 9.73 Å². The van der Waals surface area contributed by atoms with Crippen LogP contribution in [0.3, 0.4) is 0 Å². The molecule has 0 aromatic carbocycles. The van der Waals surface area contributed by atoms with Crippen molar-refractivity contribution in [3.63, 3.8) is 0 Å².